The van der Waals surface area contributed by atoms with Gasteiger partial charge in [0, 0.05) is 11.5 Å². The zero-order valence-corrected chi connectivity index (χ0v) is 7.61. The van der Waals surface area contributed by atoms with Crippen LogP contribution in [-0.2, 0) is 9.53 Å². The minimum atomic E-state index is -0.529. The molecule has 1 atom stereocenters. The highest BCUT2D eigenvalue weighted by atomic mass is 79.9. The van der Waals surface area contributed by atoms with Crippen LogP contribution in [0.3, 0.4) is 0 Å². The molecule has 0 saturated heterocycles. The molecule has 0 aliphatic rings. The minimum absolute atomic E-state index is 0.0787. The summed E-state index contributed by atoms with van der Waals surface area (Å²) in [6.45, 7) is 2.12. The Morgan fingerprint density at radius 1 is 1.91 bits per heavy atom. The van der Waals surface area contributed by atoms with Gasteiger partial charge in [0.05, 0.1) is 6.61 Å². The second-order valence-electron chi connectivity index (χ2n) is 1.63. The smallest absolute Gasteiger partial charge is 0.319 e. The third kappa shape index (κ3) is 4.64. The van der Waals surface area contributed by atoms with E-state index in [1.807, 2.05) is 0 Å². The van der Waals surface area contributed by atoms with E-state index in [1.165, 1.54) is 0 Å². The highest BCUT2D eigenvalue weighted by molar-refractivity contribution is 9.10. The van der Waals surface area contributed by atoms with Gasteiger partial charge in [-0.05, 0) is 12.5 Å². The van der Waals surface area contributed by atoms with Crippen LogP contribution in [0.25, 0.3) is 10.4 Å². The van der Waals surface area contributed by atoms with Gasteiger partial charge in [0.15, 0.2) is 0 Å². The van der Waals surface area contributed by atoms with Gasteiger partial charge in [-0.1, -0.05) is 21.0 Å². The van der Waals surface area contributed by atoms with E-state index in [0.29, 0.717) is 6.61 Å². The van der Waals surface area contributed by atoms with Crippen LogP contribution in [0.2, 0.25) is 0 Å². The topological polar surface area (TPSA) is 75.1 Å². The molecule has 1 unspecified atom stereocenters. The maximum atomic E-state index is 10.8. The second kappa shape index (κ2) is 6.00. The van der Waals surface area contributed by atoms with Gasteiger partial charge >= 0.3 is 5.97 Å². The summed E-state index contributed by atoms with van der Waals surface area (Å²) in [4.78, 5) is 12.8. The van der Waals surface area contributed by atoms with Crippen molar-refractivity contribution in [1.82, 2.24) is 0 Å². The van der Waals surface area contributed by atoms with Crippen molar-refractivity contribution >= 4 is 21.9 Å². The van der Waals surface area contributed by atoms with E-state index in [4.69, 9.17) is 5.53 Å². The third-order valence-electron chi connectivity index (χ3n) is 0.848. The molecule has 0 amide bonds. The minimum Gasteiger partial charge on any atom is -0.465 e. The zero-order valence-electron chi connectivity index (χ0n) is 6.03. The highest BCUT2D eigenvalue weighted by Crippen LogP contribution is 2.02. The Morgan fingerprint density at radius 2 is 2.55 bits per heavy atom. The van der Waals surface area contributed by atoms with E-state index in [9.17, 15) is 4.79 Å². The number of halogens is 1. The van der Waals surface area contributed by atoms with Crippen molar-refractivity contribution in [2.24, 2.45) is 5.11 Å². The fourth-order valence-electron chi connectivity index (χ4n) is 0.415. The number of carbonyl (C=O) groups is 1. The van der Waals surface area contributed by atoms with E-state index in [1.54, 1.807) is 6.92 Å². The third-order valence-corrected chi connectivity index (χ3v) is 1.51. The lowest BCUT2D eigenvalue weighted by Crippen LogP contribution is -2.19. The molecule has 0 bridgehead atoms. The van der Waals surface area contributed by atoms with Crippen LogP contribution >= 0.6 is 15.9 Å². The van der Waals surface area contributed by atoms with Gasteiger partial charge in [-0.15, -0.1) is 0 Å². The van der Waals surface area contributed by atoms with E-state index < -0.39 is 10.8 Å². The molecule has 0 spiro atoms. The van der Waals surface area contributed by atoms with Crippen molar-refractivity contribution in [2.45, 2.75) is 11.8 Å². The summed E-state index contributed by atoms with van der Waals surface area (Å²) >= 11 is 3.01. The van der Waals surface area contributed by atoms with Crippen LogP contribution in [0.5, 0.6) is 0 Å². The number of nitrogens with zero attached hydrogens (tertiary/aromatic N) is 3. The Bertz CT molecular complexity index is 179. The molecule has 0 fully saturated rings. The normalized spacial score (nSPS) is 11.5. The van der Waals surface area contributed by atoms with E-state index in [0.717, 1.165) is 0 Å². The molecular formula is C5H8BrN3O2. The van der Waals surface area contributed by atoms with Crippen LogP contribution in [0, 0.1) is 0 Å². The molecule has 0 saturated carbocycles. The molecule has 0 radical (unpaired) electrons. The van der Waals surface area contributed by atoms with Gasteiger partial charge in [-0.25, -0.2) is 0 Å². The van der Waals surface area contributed by atoms with Crippen molar-refractivity contribution in [3.8, 4) is 0 Å². The van der Waals surface area contributed by atoms with E-state index in [2.05, 4.69) is 30.7 Å². The van der Waals surface area contributed by atoms with Crippen LogP contribution in [0.1, 0.15) is 6.92 Å². The summed E-state index contributed by atoms with van der Waals surface area (Å²) in [5.74, 6) is -0.403. The van der Waals surface area contributed by atoms with Crippen LogP contribution in [0.15, 0.2) is 5.11 Å². The monoisotopic (exact) mass is 221 g/mol. The van der Waals surface area contributed by atoms with Crippen molar-refractivity contribution in [1.29, 1.82) is 0 Å². The van der Waals surface area contributed by atoms with Gasteiger partial charge in [0.2, 0.25) is 0 Å². The Kier molecular flexibility index (Phi) is 5.60. The molecule has 0 aromatic carbocycles. The number of esters is 1. The molecule has 0 aromatic rings. The number of hydrogen-bond donors (Lipinski definition) is 0. The Labute approximate surface area is 72.5 Å². The van der Waals surface area contributed by atoms with Crippen LogP contribution < -0.4 is 0 Å². The maximum absolute atomic E-state index is 10.8. The van der Waals surface area contributed by atoms with Gasteiger partial charge in [0.1, 0.15) is 4.83 Å². The first-order chi connectivity index (χ1) is 5.22. The van der Waals surface area contributed by atoms with Crippen molar-refractivity contribution in [3.63, 3.8) is 0 Å². The largest absolute Gasteiger partial charge is 0.465 e. The summed E-state index contributed by atoms with van der Waals surface area (Å²) in [5, 5.41) is 3.21. The molecule has 0 rings (SSSR count). The van der Waals surface area contributed by atoms with Gasteiger partial charge in [0.25, 0.3) is 0 Å². The fraction of sp³-hybridized carbons (Fsp3) is 0.800. The Morgan fingerprint density at radius 3 is 3.00 bits per heavy atom. The molecule has 0 aliphatic carbocycles. The average Bonchev–Trinajstić information content (AvgIpc) is 2.00. The van der Waals surface area contributed by atoms with E-state index >= 15 is 0 Å². The molecular weight excluding hydrogens is 214 g/mol. The fourth-order valence-corrected chi connectivity index (χ4v) is 0.677. The van der Waals surface area contributed by atoms with Crippen molar-refractivity contribution in [2.75, 3.05) is 13.2 Å². The molecule has 5 nitrogen and oxygen atoms in total. The van der Waals surface area contributed by atoms with Crippen LogP contribution in [-0.4, -0.2) is 23.9 Å². The summed E-state index contributed by atoms with van der Waals surface area (Å²) in [6.07, 6.45) is 0. The van der Waals surface area contributed by atoms with Crippen molar-refractivity contribution in [3.05, 3.63) is 10.4 Å². The Balaban J connectivity index is 3.72. The van der Waals surface area contributed by atoms with Crippen molar-refractivity contribution < 1.29 is 9.53 Å². The molecule has 0 heterocycles. The second-order valence-corrected chi connectivity index (χ2v) is 2.74. The average molecular weight is 222 g/mol. The predicted molar refractivity (Wildman–Crippen MR) is 43.4 cm³/mol. The number of carbonyl (C=O) groups excluding carboxylic acids is 1. The quantitative estimate of drug-likeness (QED) is 0.238. The lowest BCUT2D eigenvalue weighted by Gasteiger charge is -2.04. The molecule has 0 aliphatic heterocycles. The van der Waals surface area contributed by atoms with Crippen LogP contribution in [0.4, 0.5) is 0 Å². The summed E-state index contributed by atoms with van der Waals surface area (Å²) in [7, 11) is 0. The number of alkyl halides is 1. The number of azide groups is 1. The first-order valence-corrected chi connectivity index (χ1v) is 3.95. The summed E-state index contributed by atoms with van der Waals surface area (Å²) in [6, 6.07) is 0. The summed E-state index contributed by atoms with van der Waals surface area (Å²) in [5.41, 5.74) is 7.91. The van der Waals surface area contributed by atoms with Gasteiger partial charge in [-0.2, -0.15) is 0 Å². The highest BCUT2D eigenvalue weighted by Gasteiger charge is 2.13. The van der Waals surface area contributed by atoms with E-state index in [-0.39, 0.29) is 6.54 Å². The Hall–Kier alpha value is -0.740. The molecule has 6 heteroatoms. The molecule has 11 heavy (non-hydrogen) atoms. The molecule has 62 valence electrons. The SMILES string of the molecule is CCOC(=O)C(Br)CN=[N+]=[N-]. The predicted octanol–water partition coefficient (Wildman–Crippen LogP) is 1.62. The summed E-state index contributed by atoms with van der Waals surface area (Å²) < 4.78 is 4.63. The molecule has 0 N–H and O–H groups in total. The standard InChI is InChI=1S/C5H8BrN3O2/c1-2-11-5(10)4(6)3-8-9-7/h4H,2-3H2,1H3. The van der Waals surface area contributed by atoms with Gasteiger partial charge < -0.3 is 4.74 Å². The maximum Gasteiger partial charge on any atom is 0.319 e. The van der Waals surface area contributed by atoms with Gasteiger partial charge in [-0.3, -0.25) is 4.79 Å². The number of ether oxygens (including phenoxy) is 1. The lowest BCUT2D eigenvalue weighted by molar-refractivity contribution is -0.142. The number of hydrogen-bond acceptors (Lipinski definition) is 3. The first kappa shape index (κ1) is 10.3. The first-order valence-electron chi connectivity index (χ1n) is 3.04. The molecule has 0 aromatic heterocycles. The lowest BCUT2D eigenvalue weighted by atomic mass is 10.4. The zero-order chi connectivity index (χ0) is 8.69. The number of rotatable bonds is 4.